The summed E-state index contributed by atoms with van der Waals surface area (Å²) in [5.74, 6) is 0.698. The predicted octanol–water partition coefficient (Wildman–Crippen LogP) is 1.68. The van der Waals surface area contributed by atoms with E-state index in [1.54, 1.807) is 0 Å². The molecule has 90 valence electrons. The summed E-state index contributed by atoms with van der Waals surface area (Å²) in [6.07, 6.45) is 0. The molecular formula is C13H17N3O. The number of nitrogens with one attached hydrogen (secondary N) is 2. The van der Waals surface area contributed by atoms with Crippen LogP contribution in [0.4, 0.5) is 5.82 Å². The average Bonchev–Trinajstić information content (AvgIpc) is 2.28. The highest BCUT2D eigenvalue weighted by Crippen LogP contribution is 2.15. The third kappa shape index (κ3) is 2.47. The van der Waals surface area contributed by atoms with Crippen molar-refractivity contribution in [2.24, 2.45) is 5.73 Å². The van der Waals surface area contributed by atoms with Crippen molar-refractivity contribution in [2.45, 2.75) is 19.4 Å². The van der Waals surface area contributed by atoms with Crippen molar-refractivity contribution in [2.75, 3.05) is 11.9 Å². The zero-order valence-corrected chi connectivity index (χ0v) is 10.1. The van der Waals surface area contributed by atoms with Crippen LogP contribution in [-0.2, 0) is 0 Å². The number of anilines is 1. The lowest BCUT2D eigenvalue weighted by Crippen LogP contribution is -2.39. The Balaban J connectivity index is 2.47. The monoisotopic (exact) mass is 231 g/mol. The minimum Gasteiger partial charge on any atom is -0.365 e. The standard InChI is InChI=1S/C13H17N3O/c1-13(2,8-14)16-11-7-9-5-3-4-6-10(9)12(17)15-11/h3-7H,8,14H2,1-2H3,(H2,15,16,17). The Kier molecular flexibility index (Phi) is 2.90. The SMILES string of the molecule is CC(C)(CN)Nc1cc2ccccc2c(=O)[nH]1. The molecule has 1 aromatic carbocycles. The minimum atomic E-state index is -0.245. The molecule has 0 bridgehead atoms. The van der Waals surface area contributed by atoms with Gasteiger partial charge in [0.1, 0.15) is 5.82 Å². The summed E-state index contributed by atoms with van der Waals surface area (Å²) in [7, 11) is 0. The van der Waals surface area contributed by atoms with Crippen molar-refractivity contribution >= 4 is 16.6 Å². The molecule has 4 nitrogen and oxygen atoms in total. The largest absolute Gasteiger partial charge is 0.365 e. The third-order valence-corrected chi connectivity index (χ3v) is 2.74. The van der Waals surface area contributed by atoms with Gasteiger partial charge in [-0.3, -0.25) is 4.79 Å². The lowest BCUT2D eigenvalue weighted by Gasteiger charge is -2.25. The van der Waals surface area contributed by atoms with Crippen molar-refractivity contribution in [3.05, 3.63) is 40.7 Å². The van der Waals surface area contributed by atoms with Gasteiger partial charge in [-0.2, -0.15) is 0 Å². The predicted molar refractivity (Wildman–Crippen MR) is 71.3 cm³/mol. The van der Waals surface area contributed by atoms with Crippen LogP contribution < -0.4 is 16.6 Å². The fourth-order valence-electron chi connectivity index (χ4n) is 1.69. The quantitative estimate of drug-likeness (QED) is 0.752. The molecule has 2 rings (SSSR count). The number of nitrogens with two attached hydrogens (primary N) is 1. The normalized spacial score (nSPS) is 11.7. The molecular weight excluding hydrogens is 214 g/mol. The lowest BCUT2D eigenvalue weighted by molar-refractivity contribution is 0.577. The number of H-pyrrole nitrogens is 1. The molecule has 0 aliphatic heterocycles. The molecule has 0 aliphatic rings. The average molecular weight is 231 g/mol. The van der Waals surface area contributed by atoms with Crippen LogP contribution in [0.3, 0.4) is 0 Å². The first-order valence-electron chi connectivity index (χ1n) is 5.62. The Bertz CT molecular complexity index is 586. The van der Waals surface area contributed by atoms with E-state index in [1.807, 2.05) is 44.2 Å². The van der Waals surface area contributed by atoms with Gasteiger partial charge in [0.25, 0.3) is 5.56 Å². The minimum absolute atomic E-state index is 0.0848. The van der Waals surface area contributed by atoms with E-state index in [-0.39, 0.29) is 11.1 Å². The summed E-state index contributed by atoms with van der Waals surface area (Å²) in [6, 6.07) is 9.43. The highest BCUT2D eigenvalue weighted by molar-refractivity contribution is 5.83. The van der Waals surface area contributed by atoms with Crippen LogP contribution in [0.1, 0.15) is 13.8 Å². The van der Waals surface area contributed by atoms with Gasteiger partial charge in [-0.15, -0.1) is 0 Å². The molecule has 0 radical (unpaired) electrons. The Morgan fingerprint density at radius 1 is 1.35 bits per heavy atom. The first-order valence-corrected chi connectivity index (χ1v) is 5.62. The van der Waals surface area contributed by atoms with Crippen LogP contribution in [0, 0.1) is 0 Å². The highest BCUT2D eigenvalue weighted by atomic mass is 16.1. The van der Waals surface area contributed by atoms with Crippen molar-refractivity contribution in [1.82, 2.24) is 4.98 Å². The van der Waals surface area contributed by atoms with Crippen molar-refractivity contribution < 1.29 is 0 Å². The van der Waals surface area contributed by atoms with Crippen molar-refractivity contribution in [3.8, 4) is 0 Å². The molecule has 4 N–H and O–H groups in total. The Labute approximate surface area is 99.8 Å². The summed E-state index contributed by atoms with van der Waals surface area (Å²) < 4.78 is 0. The summed E-state index contributed by atoms with van der Waals surface area (Å²) in [5.41, 5.74) is 5.32. The number of fused-ring (bicyclic) bond motifs is 1. The zero-order valence-electron chi connectivity index (χ0n) is 10.1. The smallest absolute Gasteiger partial charge is 0.257 e. The molecule has 0 amide bonds. The second-order valence-corrected chi connectivity index (χ2v) is 4.81. The second-order valence-electron chi connectivity index (χ2n) is 4.81. The molecule has 17 heavy (non-hydrogen) atoms. The summed E-state index contributed by atoms with van der Waals surface area (Å²) in [5, 5.41) is 4.84. The molecule has 0 atom stereocenters. The van der Waals surface area contributed by atoms with Crippen LogP contribution in [0.25, 0.3) is 10.8 Å². The van der Waals surface area contributed by atoms with Gasteiger partial charge in [0.15, 0.2) is 0 Å². The maximum absolute atomic E-state index is 11.8. The number of hydrogen-bond acceptors (Lipinski definition) is 3. The van der Waals surface area contributed by atoms with Gasteiger partial charge in [-0.1, -0.05) is 18.2 Å². The fraction of sp³-hybridized carbons (Fsp3) is 0.308. The van der Waals surface area contributed by atoms with E-state index >= 15 is 0 Å². The molecule has 2 aromatic rings. The molecule has 0 unspecified atom stereocenters. The van der Waals surface area contributed by atoms with E-state index in [4.69, 9.17) is 5.73 Å². The van der Waals surface area contributed by atoms with E-state index in [2.05, 4.69) is 10.3 Å². The molecule has 4 heteroatoms. The molecule has 1 heterocycles. The molecule has 0 saturated heterocycles. The van der Waals surface area contributed by atoms with Gasteiger partial charge in [0, 0.05) is 17.5 Å². The van der Waals surface area contributed by atoms with Crippen LogP contribution in [-0.4, -0.2) is 17.1 Å². The third-order valence-electron chi connectivity index (χ3n) is 2.74. The Morgan fingerprint density at radius 3 is 2.76 bits per heavy atom. The number of rotatable bonds is 3. The topological polar surface area (TPSA) is 70.9 Å². The number of aromatic nitrogens is 1. The number of aromatic amines is 1. The maximum atomic E-state index is 11.8. The fourth-order valence-corrected chi connectivity index (χ4v) is 1.69. The zero-order chi connectivity index (χ0) is 12.5. The number of benzene rings is 1. The van der Waals surface area contributed by atoms with E-state index in [0.29, 0.717) is 17.7 Å². The van der Waals surface area contributed by atoms with Crippen LogP contribution in [0.5, 0.6) is 0 Å². The van der Waals surface area contributed by atoms with E-state index < -0.39 is 0 Å². The highest BCUT2D eigenvalue weighted by Gasteiger charge is 2.15. The summed E-state index contributed by atoms with van der Waals surface area (Å²) >= 11 is 0. The van der Waals surface area contributed by atoms with Crippen molar-refractivity contribution in [3.63, 3.8) is 0 Å². The summed E-state index contributed by atoms with van der Waals surface area (Å²) in [6.45, 7) is 4.46. The second kappa shape index (κ2) is 4.22. The number of pyridine rings is 1. The van der Waals surface area contributed by atoms with E-state index in [1.165, 1.54) is 0 Å². The van der Waals surface area contributed by atoms with E-state index in [9.17, 15) is 4.79 Å². The first kappa shape index (κ1) is 11.7. The van der Waals surface area contributed by atoms with Gasteiger partial charge >= 0.3 is 0 Å². The van der Waals surface area contributed by atoms with Crippen LogP contribution >= 0.6 is 0 Å². The van der Waals surface area contributed by atoms with Gasteiger partial charge in [-0.25, -0.2) is 0 Å². The molecule has 0 spiro atoms. The van der Waals surface area contributed by atoms with Crippen LogP contribution in [0.2, 0.25) is 0 Å². The molecule has 0 saturated carbocycles. The van der Waals surface area contributed by atoms with Gasteiger partial charge in [0.05, 0.1) is 0 Å². The molecule has 0 aliphatic carbocycles. The Hall–Kier alpha value is -1.81. The van der Waals surface area contributed by atoms with Gasteiger partial charge in [-0.05, 0) is 31.4 Å². The first-order chi connectivity index (χ1) is 8.02. The lowest BCUT2D eigenvalue weighted by atomic mass is 10.1. The van der Waals surface area contributed by atoms with Crippen molar-refractivity contribution in [1.29, 1.82) is 0 Å². The summed E-state index contributed by atoms with van der Waals surface area (Å²) in [4.78, 5) is 14.7. The molecule has 0 fully saturated rings. The van der Waals surface area contributed by atoms with Gasteiger partial charge < -0.3 is 16.0 Å². The van der Waals surface area contributed by atoms with Gasteiger partial charge in [0.2, 0.25) is 0 Å². The number of hydrogen-bond donors (Lipinski definition) is 3. The maximum Gasteiger partial charge on any atom is 0.257 e. The Morgan fingerprint density at radius 2 is 2.06 bits per heavy atom. The van der Waals surface area contributed by atoms with E-state index in [0.717, 1.165) is 5.39 Å². The molecule has 1 aromatic heterocycles. The van der Waals surface area contributed by atoms with Crippen LogP contribution in [0.15, 0.2) is 35.1 Å².